The van der Waals surface area contributed by atoms with Crippen LogP contribution in [0.3, 0.4) is 0 Å². The first kappa shape index (κ1) is 18.0. The molecule has 2 rings (SSSR count). The van der Waals surface area contributed by atoms with Crippen molar-refractivity contribution in [3.63, 3.8) is 0 Å². The maximum atomic E-state index is 12.4. The zero-order chi connectivity index (χ0) is 17.3. The number of carboxylic acids is 1. The molecular formula is C15H10Br3NO4. The third kappa shape index (κ3) is 3.94. The molecule has 0 unspecified atom stereocenters. The number of carbonyl (C=O) groups is 2. The third-order valence-electron chi connectivity index (χ3n) is 3.05. The molecule has 0 saturated carbocycles. The van der Waals surface area contributed by atoms with Gasteiger partial charge in [0.2, 0.25) is 0 Å². The van der Waals surface area contributed by atoms with Crippen molar-refractivity contribution in [3.8, 4) is 5.75 Å². The van der Waals surface area contributed by atoms with Gasteiger partial charge in [0.1, 0.15) is 5.75 Å². The standard InChI is InChI=1S/C15H10Br3NO4/c1-6-2-8(15(22)23)5-9(16)12(6)19-14(21)7-3-10(17)13(20)11(18)4-7/h2-5,20H,1H3,(H,19,21)(H,22,23). The molecule has 0 aliphatic rings. The van der Waals surface area contributed by atoms with Crippen LogP contribution in [0.1, 0.15) is 26.3 Å². The van der Waals surface area contributed by atoms with Crippen molar-refractivity contribution in [1.29, 1.82) is 0 Å². The molecule has 1 amide bonds. The van der Waals surface area contributed by atoms with Gasteiger partial charge in [0.25, 0.3) is 5.91 Å². The van der Waals surface area contributed by atoms with E-state index in [1.165, 1.54) is 24.3 Å². The van der Waals surface area contributed by atoms with E-state index in [2.05, 4.69) is 53.1 Å². The lowest BCUT2D eigenvalue weighted by Crippen LogP contribution is -2.14. The van der Waals surface area contributed by atoms with E-state index >= 15 is 0 Å². The number of aromatic hydroxyl groups is 1. The molecule has 8 heteroatoms. The van der Waals surface area contributed by atoms with E-state index in [9.17, 15) is 14.7 Å². The van der Waals surface area contributed by atoms with Gasteiger partial charge in [0.15, 0.2) is 0 Å². The van der Waals surface area contributed by atoms with Gasteiger partial charge in [0.05, 0.1) is 20.2 Å². The number of phenols is 1. The molecule has 0 atom stereocenters. The van der Waals surface area contributed by atoms with Crippen LogP contribution >= 0.6 is 47.8 Å². The molecule has 0 spiro atoms. The molecule has 0 heterocycles. The van der Waals surface area contributed by atoms with Crippen molar-refractivity contribution in [3.05, 3.63) is 54.4 Å². The van der Waals surface area contributed by atoms with Crippen molar-refractivity contribution in [1.82, 2.24) is 0 Å². The highest BCUT2D eigenvalue weighted by atomic mass is 79.9. The fourth-order valence-corrected chi connectivity index (χ4v) is 3.75. The topological polar surface area (TPSA) is 86.6 Å². The summed E-state index contributed by atoms with van der Waals surface area (Å²) in [6.07, 6.45) is 0. The molecule has 0 aliphatic carbocycles. The number of rotatable bonds is 3. The summed E-state index contributed by atoms with van der Waals surface area (Å²) in [6, 6.07) is 5.88. The molecule has 0 radical (unpaired) electrons. The summed E-state index contributed by atoms with van der Waals surface area (Å²) >= 11 is 9.61. The van der Waals surface area contributed by atoms with Crippen LogP contribution in [0.4, 0.5) is 5.69 Å². The summed E-state index contributed by atoms with van der Waals surface area (Å²) < 4.78 is 1.24. The molecular weight excluding hydrogens is 498 g/mol. The second-order valence-electron chi connectivity index (χ2n) is 4.70. The van der Waals surface area contributed by atoms with E-state index in [-0.39, 0.29) is 11.3 Å². The van der Waals surface area contributed by atoms with Crippen LogP contribution in [0.25, 0.3) is 0 Å². The van der Waals surface area contributed by atoms with Crippen LogP contribution < -0.4 is 5.32 Å². The lowest BCUT2D eigenvalue weighted by atomic mass is 10.1. The van der Waals surface area contributed by atoms with Crippen LogP contribution in [0, 0.1) is 6.92 Å². The van der Waals surface area contributed by atoms with Gasteiger partial charge < -0.3 is 15.5 Å². The van der Waals surface area contributed by atoms with Gasteiger partial charge in [-0.15, -0.1) is 0 Å². The molecule has 120 valence electrons. The summed E-state index contributed by atoms with van der Waals surface area (Å²) in [5.41, 5.74) is 1.56. The number of aromatic carboxylic acids is 1. The largest absolute Gasteiger partial charge is 0.506 e. The van der Waals surface area contributed by atoms with Gasteiger partial charge in [-0.25, -0.2) is 4.79 Å². The Labute approximate surface area is 157 Å². The minimum absolute atomic E-state index is 0.00437. The molecule has 0 fully saturated rings. The molecule has 0 saturated heterocycles. The Morgan fingerprint density at radius 2 is 1.48 bits per heavy atom. The number of carboxylic acid groups (broad SMARTS) is 1. The molecule has 0 aliphatic heterocycles. The summed E-state index contributed by atoms with van der Waals surface area (Å²) in [5.74, 6) is -1.43. The Morgan fingerprint density at radius 1 is 0.957 bits per heavy atom. The number of hydrogen-bond donors (Lipinski definition) is 3. The molecule has 23 heavy (non-hydrogen) atoms. The fourth-order valence-electron chi connectivity index (χ4n) is 1.91. The number of phenolic OH excluding ortho intramolecular Hbond substituents is 1. The molecule has 0 bridgehead atoms. The van der Waals surface area contributed by atoms with E-state index < -0.39 is 11.9 Å². The zero-order valence-corrected chi connectivity index (χ0v) is 16.4. The highest BCUT2D eigenvalue weighted by Gasteiger charge is 2.16. The van der Waals surface area contributed by atoms with Crippen molar-refractivity contribution in [2.45, 2.75) is 6.92 Å². The van der Waals surface area contributed by atoms with Crippen LogP contribution in [0.15, 0.2) is 37.7 Å². The average molecular weight is 508 g/mol. The smallest absolute Gasteiger partial charge is 0.335 e. The number of hydrogen-bond acceptors (Lipinski definition) is 3. The van der Waals surface area contributed by atoms with E-state index in [1.807, 2.05) is 0 Å². The first-order valence-corrected chi connectivity index (χ1v) is 8.61. The van der Waals surface area contributed by atoms with Crippen molar-refractivity contribution in [2.75, 3.05) is 5.32 Å². The van der Waals surface area contributed by atoms with Crippen molar-refractivity contribution < 1.29 is 19.8 Å². The Kier molecular flexibility index (Phi) is 5.49. The number of aryl methyl sites for hydroxylation is 1. The van der Waals surface area contributed by atoms with Crippen LogP contribution in [-0.2, 0) is 0 Å². The minimum Gasteiger partial charge on any atom is -0.506 e. The Bertz CT molecular complexity index is 774. The first-order chi connectivity index (χ1) is 10.7. The SMILES string of the molecule is Cc1cc(C(=O)O)cc(Br)c1NC(=O)c1cc(Br)c(O)c(Br)c1. The third-order valence-corrected chi connectivity index (χ3v) is 4.89. The number of nitrogens with one attached hydrogen (secondary N) is 1. The van der Waals surface area contributed by atoms with Gasteiger partial charge in [-0.1, -0.05) is 0 Å². The maximum Gasteiger partial charge on any atom is 0.335 e. The highest BCUT2D eigenvalue weighted by Crippen LogP contribution is 2.34. The van der Waals surface area contributed by atoms with Crippen LogP contribution in [0.5, 0.6) is 5.75 Å². The average Bonchev–Trinajstić information content (AvgIpc) is 2.47. The Hall–Kier alpha value is -1.38. The van der Waals surface area contributed by atoms with Gasteiger partial charge in [-0.05, 0) is 84.5 Å². The maximum absolute atomic E-state index is 12.4. The highest BCUT2D eigenvalue weighted by molar-refractivity contribution is 9.11. The van der Waals surface area contributed by atoms with E-state index in [1.54, 1.807) is 6.92 Å². The lowest BCUT2D eigenvalue weighted by molar-refractivity contribution is 0.0696. The summed E-state index contributed by atoms with van der Waals surface area (Å²) in [6.45, 7) is 1.70. The normalized spacial score (nSPS) is 10.4. The van der Waals surface area contributed by atoms with Gasteiger partial charge >= 0.3 is 5.97 Å². The number of carbonyl (C=O) groups excluding carboxylic acids is 1. The predicted molar refractivity (Wildman–Crippen MR) is 97.3 cm³/mol. The number of anilines is 1. The quantitative estimate of drug-likeness (QED) is 0.549. The van der Waals surface area contributed by atoms with Crippen LogP contribution in [-0.4, -0.2) is 22.1 Å². The second-order valence-corrected chi connectivity index (χ2v) is 7.26. The van der Waals surface area contributed by atoms with Gasteiger partial charge in [-0.2, -0.15) is 0 Å². The lowest BCUT2D eigenvalue weighted by Gasteiger charge is -2.12. The van der Waals surface area contributed by atoms with E-state index in [4.69, 9.17) is 5.11 Å². The van der Waals surface area contributed by atoms with Crippen LogP contribution in [0.2, 0.25) is 0 Å². The molecule has 2 aromatic rings. The molecule has 2 aromatic carbocycles. The first-order valence-electron chi connectivity index (χ1n) is 6.23. The monoisotopic (exact) mass is 505 g/mol. The minimum atomic E-state index is -1.04. The Morgan fingerprint density at radius 3 is 1.96 bits per heavy atom. The Balaban J connectivity index is 2.36. The van der Waals surface area contributed by atoms with Gasteiger partial charge in [0, 0.05) is 10.0 Å². The molecule has 3 N–H and O–H groups in total. The number of halogens is 3. The summed E-state index contributed by atoms with van der Waals surface area (Å²) in [4.78, 5) is 23.4. The number of amides is 1. The molecule has 0 aromatic heterocycles. The summed E-state index contributed by atoms with van der Waals surface area (Å²) in [7, 11) is 0. The van der Waals surface area contributed by atoms with Crippen molar-refractivity contribution >= 4 is 65.4 Å². The zero-order valence-electron chi connectivity index (χ0n) is 11.7. The van der Waals surface area contributed by atoms with E-state index in [0.29, 0.717) is 30.2 Å². The van der Waals surface area contributed by atoms with Gasteiger partial charge in [-0.3, -0.25) is 4.79 Å². The van der Waals surface area contributed by atoms with E-state index in [0.717, 1.165) is 0 Å². The second kappa shape index (κ2) is 7.02. The van der Waals surface area contributed by atoms with Crippen molar-refractivity contribution in [2.24, 2.45) is 0 Å². The summed E-state index contributed by atoms with van der Waals surface area (Å²) in [5, 5.41) is 21.4. The fraction of sp³-hybridized carbons (Fsp3) is 0.0667. The predicted octanol–water partition coefficient (Wildman–Crippen LogP) is 4.94. The number of benzene rings is 2. The molecule has 5 nitrogen and oxygen atoms in total.